The van der Waals surface area contributed by atoms with Crippen molar-refractivity contribution in [1.29, 1.82) is 5.26 Å². The van der Waals surface area contributed by atoms with Crippen LogP contribution in [0.3, 0.4) is 0 Å². The Morgan fingerprint density at radius 2 is 2.21 bits per heavy atom. The highest BCUT2D eigenvalue weighted by Gasteiger charge is 2.21. The van der Waals surface area contributed by atoms with Gasteiger partial charge in [-0.1, -0.05) is 12.8 Å². The van der Waals surface area contributed by atoms with E-state index in [0.717, 1.165) is 25.7 Å². The standard InChI is InChI=1S/C14H18N4O/c15-10-12-6-3-7-16-13(12)17-8-9-18-14(19)11-4-1-2-5-11/h3,6-7,11H,1-2,4-5,8-9H2,(H,16,17)(H,18,19). The molecule has 0 unspecified atom stereocenters. The van der Waals surface area contributed by atoms with Crippen LogP contribution in [0.2, 0.25) is 0 Å². The fourth-order valence-electron chi connectivity index (χ4n) is 2.34. The lowest BCUT2D eigenvalue weighted by Gasteiger charge is -2.11. The number of rotatable bonds is 5. The van der Waals surface area contributed by atoms with E-state index >= 15 is 0 Å². The summed E-state index contributed by atoms with van der Waals surface area (Å²) in [7, 11) is 0. The van der Waals surface area contributed by atoms with Crippen LogP contribution in [-0.4, -0.2) is 24.0 Å². The highest BCUT2D eigenvalue weighted by Crippen LogP contribution is 2.24. The highest BCUT2D eigenvalue weighted by molar-refractivity contribution is 5.78. The molecule has 1 heterocycles. The quantitative estimate of drug-likeness (QED) is 0.787. The molecule has 0 spiro atoms. The monoisotopic (exact) mass is 258 g/mol. The number of nitrogens with zero attached hydrogens (tertiary/aromatic N) is 2. The number of nitriles is 1. The Labute approximate surface area is 113 Å². The van der Waals surface area contributed by atoms with Crippen molar-refractivity contribution in [1.82, 2.24) is 10.3 Å². The van der Waals surface area contributed by atoms with Crippen LogP contribution < -0.4 is 10.6 Å². The van der Waals surface area contributed by atoms with Crippen LogP contribution in [-0.2, 0) is 4.79 Å². The van der Waals surface area contributed by atoms with Crippen LogP contribution in [0.5, 0.6) is 0 Å². The fourth-order valence-corrected chi connectivity index (χ4v) is 2.34. The van der Waals surface area contributed by atoms with E-state index in [4.69, 9.17) is 5.26 Å². The molecule has 1 amide bonds. The van der Waals surface area contributed by atoms with Crippen LogP contribution >= 0.6 is 0 Å². The largest absolute Gasteiger partial charge is 0.367 e. The molecule has 0 bridgehead atoms. The van der Waals surface area contributed by atoms with Crippen molar-refractivity contribution in [3.05, 3.63) is 23.9 Å². The van der Waals surface area contributed by atoms with Gasteiger partial charge in [-0.25, -0.2) is 4.98 Å². The molecule has 19 heavy (non-hydrogen) atoms. The third kappa shape index (κ3) is 3.68. The van der Waals surface area contributed by atoms with Crippen LogP contribution in [0.15, 0.2) is 18.3 Å². The van der Waals surface area contributed by atoms with Gasteiger partial charge in [0.15, 0.2) is 0 Å². The van der Waals surface area contributed by atoms with Crippen molar-refractivity contribution in [2.45, 2.75) is 25.7 Å². The minimum absolute atomic E-state index is 0.154. The molecule has 5 nitrogen and oxygen atoms in total. The Morgan fingerprint density at radius 1 is 1.42 bits per heavy atom. The van der Waals surface area contributed by atoms with E-state index in [1.54, 1.807) is 18.3 Å². The van der Waals surface area contributed by atoms with Crippen molar-refractivity contribution in [3.63, 3.8) is 0 Å². The first-order chi connectivity index (χ1) is 9.31. The fraction of sp³-hybridized carbons (Fsp3) is 0.500. The second kappa shape index (κ2) is 6.74. The van der Waals surface area contributed by atoms with Gasteiger partial charge in [-0.2, -0.15) is 5.26 Å². The molecular weight excluding hydrogens is 240 g/mol. The van der Waals surface area contributed by atoms with Crippen LogP contribution in [0.25, 0.3) is 0 Å². The molecule has 0 atom stereocenters. The smallest absolute Gasteiger partial charge is 0.223 e. The lowest BCUT2D eigenvalue weighted by molar-refractivity contribution is -0.124. The molecule has 2 rings (SSSR count). The molecule has 1 aromatic rings. The van der Waals surface area contributed by atoms with Crippen molar-refractivity contribution >= 4 is 11.7 Å². The maximum absolute atomic E-state index is 11.8. The number of amides is 1. The summed E-state index contributed by atoms with van der Waals surface area (Å²) >= 11 is 0. The summed E-state index contributed by atoms with van der Waals surface area (Å²) in [6.45, 7) is 1.13. The summed E-state index contributed by atoms with van der Waals surface area (Å²) in [6, 6.07) is 5.52. The zero-order valence-electron chi connectivity index (χ0n) is 10.9. The minimum atomic E-state index is 0.154. The Balaban J connectivity index is 1.72. The lowest BCUT2D eigenvalue weighted by atomic mass is 10.1. The van der Waals surface area contributed by atoms with E-state index in [-0.39, 0.29) is 11.8 Å². The van der Waals surface area contributed by atoms with Gasteiger partial charge in [0.05, 0.1) is 5.56 Å². The molecule has 100 valence electrons. The van der Waals surface area contributed by atoms with Gasteiger partial charge >= 0.3 is 0 Å². The van der Waals surface area contributed by atoms with Crippen LogP contribution in [0, 0.1) is 17.2 Å². The molecule has 1 fully saturated rings. The first kappa shape index (κ1) is 13.3. The molecule has 5 heteroatoms. The molecule has 0 aliphatic heterocycles. The molecule has 1 aliphatic carbocycles. The maximum Gasteiger partial charge on any atom is 0.223 e. The van der Waals surface area contributed by atoms with Crippen molar-refractivity contribution in [2.75, 3.05) is 18.4 Å². The number of nitrogens with one attached hydrogen (secondary N) is 2. The maximum atomic E-state index is 11.8. The van der Waals surface area contributed by atoms with Gasteiger partial charge in [-0.15, -0.1) is 0 Å². The number of hydrogen-bond acceptors (Lipinski definition) is 4. The zero-order valence-corrected chi connectivity index (χ0v) is 10.9. The van der Waals surface area contributed by atoms with E-state index < -0.39 is 0 Å². The number of anilines is 1. The SMILES string of the molecule is N#Cc1cccnc1NCCNC(=O)C1CCCC1. The summed E-state index contributed by atoms with van der Waals surface area (Å²) in [6.07, 6.45) is 5.99. The Bertz CT molecular complexity index is 475. The summed E-state index contributed by atoms with van der Waals surface area (Å²) in [5, 5.41) is 14.9. The Hall–Kier alpha value is -2.09. The second-order valence-electron chi connectivity index (χ2n) is 4.71. The van der Waals surface area contributed by atoms with Gasteiger partial charge in [0.25, 0.3) is 0 Å². The number of pyridine rings is 1. The first-order valence-electron chi connectivity index (χ1n) is 6.68. The third-order valence-electron chi connectivity index (χ3n) is 3.37. The Morgan fingerprint density at radius 3 is 2.95 bits per heavy atom. The van der Waals surface area contributed by atoms with Gasteiger partial charge < -0.3 is 10.6 Å². The van der Waals surface area contributed by atoms with Crippen LogP contribution in [0.1, 0.15) is 31.2 Å². The average molecular weight is 258 g/mol. The summed E-state index contributed by atoms with van der Waals surface area (Å²) in [4.78, 5) is 15.9. The second-order valence-corrected chi connectivity index (χ2v) is 4.71. The first-order valence-corrected chi connectivity index (χ1v) is 6.68. The highest BCUT2D eigenvalue weighted by atomic mass is 16.1. The van der Waals surface area contributed by atoms with Gasteiger partial charge in [-0.3, -0.25) is 4.79 Å². The number of carbonyl (C=O) groups excluding carboxylic acids is 1. The average Bonchev–Trinajstić information content (AvgIpc) is 2.98. The van der Waals surface area contributed by atoms with E-state index in [9.17, 15) is 4.79 Å². The summed E-state index contributed by atoms with van der Waals surface area (Å²) < 4.78 is 0. The van der Waals surface area contributed by atoms with Gasteiger partial charge in [-0.05, 0) is 25.0 Å². The topological polar surface area (TPSA) is 77.8 Å². The predicted octanol–water partition coefficient (Wildman–Crippen LogP) is 1.67. The number of hydrogen-bond donors (Lipinski definition) is 2. The minimum Gasteiger partial charge on any atom is -0.367 e. The van der Waals surface area contributed by atoms with Crippen LogP contribution in [0.4, 0.5) is 5.82 Å². The van der Waals surface area contributed by atoms with Gasteiger partial charge in [0, 0.05) is 25.2 Å². The molecule has 0 saturated heterocycles. The van der Waals surface area contributed by atoms with E-state index in [1.807, 2.05) is 0 Å². The van der Waals surface area contributed by atoms with Gasteiger partial charge in [0.1, 0.15) is 11.9 Å². The molecular formula is C14H18N4O. The van der Waals surface area contributed by atoms with Crippen molar-refractivity contribution in [2.24, 2.45) is 5.92 Å². The zero-order chi connectivity index (χ0) is 13.5. The van der Waals surface area contributed by atoms with Gasteiger partial charge in [0.2, 0.25) is 5.91 Å². The molecule has 1 saturated carbocycles. The Kier molecular flexibility index (Phi) is 4.73. The molecule has 2 N–H and O–H groups in total. The summed E-state index contributed by atoms with van der Waals surface area (Å²) in [5.41, 5.74) is 0.518. The molecule has 0 aromatic carbocycles. The normalized spacial score (nSPS) is 14.9. The summed E-state index contributed by atoms with van der Waals surface area (Å²) in [5.74, 6) is 0.922. The van der Waals surface area contributed by atoms with Crippen molar-refractivity contribution < 1.29 is 4.79 Å². The molecule has 0 radical (unpaired) electrons. The lowest BCUT2D eigenvalue weighted by Crippen LogP contribution is -2.33. The van der Waals surface area contributed by atoms with Crippen molar-refractivity contribution in [3.8, 4) is 6.07 Å². The molecule has 1 aliphatic rings. The van der Waals surface area contributed by atoms with E-state index in [2.05, 4.69) is 21.7 Å². The van der Waals surface area contributed by atoms with E-state index in [0.29, 0.717) is 24.5 Å². The predicted molar refractivity (Wildman–Crippen MR) is 72.4 cm³/mol. The van der Waals surface area contributed by atoms with E-state index in [1.165, 1.54) is 0 Å². The number of carbonyl (C=O) groups is 1. The third-order valence-corrected chi connectivity index (χ3v) is 3.37. The molecule has 1 aromatic heterocycles. The number of aromatic nitrogens is 1.